The van der Waals surface area contributed by atoms with E-state index in [1.165, 1.54) is 0 Å². The van der Waals surface area contributed by atoms with Gasteiger partial charge in [0.2, 0.25) is 0 Å². The zero-order valence-corrected chi connectivity index (χ0v) is 8.00. The minimum Gasteiger partial charge on any atom is -0.480 e. The maximum absolute atomic E-state index is 11.1. The summed E-state index contributed by atoms with van der Waals surface area (Å²) in [6.45, 7) is 2.03. The van der Waals surface area contributed by atoms with Crippen molar-refractivity contribution >= 4 is 5.97 Å². The Hall–Kier alpha value is -0.570. The summed E-state index contributed by atoms with van der Waals surface area (Å²) in [5.74, 6) is -0.400. The predicted molar refractivity (Wildman–Crippen MR) is 47.1 cm³/mol. The first kappa shape index (κ1) is 9.52. The van der Waals surface area contributed by atoms with E-state index in [1.54, 1.807) is 0 Å². The Kier molecular flexibility index (Phi) is 2.42. The normalized spacial score (nSPS) is 35.8. The molecule has 0 radical (unpaired) electrons. The van der Waals surface area contributed by atoms with Crippen LogP contribution in [-0.4, -0.2) is 35.6 Å². The van der Waals surface area contributed by atoms with E-state index < -0.39 is 11.5 Å². The van der Waals surface area contributed by atoms with Crippen LogP contribution in [0.5, 0.6) is 0 Å². The standard InChI is InChI=1S/C9H17NO2/c1-7-5-4-6-9(7,8(11)12)10(2)3/h7H,4-6H2,1-3H3,(H,11,12). The highest BCUT2D eigenvalue weighted by Gasteiger charge is 2.48. The molecule has 1 aliphatic carbocycles. The second-order valence-corrected chi connectivity index (χ2v) is 3.92. The quantitative estimate of drug-likeness (QED) is 0.678. The molecule has 0 heterocycles. The fourth-order valence-electron chi connectivity index (χ4n) is 2.34. The van der Waals surface area contributed by atoms with Crippen molar-refractivity contribution < 1.29 is 9.90 Å². The molecule has 1 fully saturated rings. The van der Waals surface area contributed by atoms with Crippen molar-refractivity contribution in [2.45, 2.75) is 31.7 Å². The molecule has 0 aliphatic heterocycles. The van der Waals surface area contributed by atoms with E-state index >= 15 is 0 Å². The fourth-order valence-corrected chi connectivity index (χ4v) is 2.34. The van der Waals surface area contributed by atoms with Gasteiger partial charge in [-0.15, -0.1) is 0 Å². The lowest BCUT2D eigenvalue weighted by Crippen LogP contribution is -2.53. The number of rotatable bonds is 2. The van der Waals surface area contributed by atoms with Crippen molar-refractivity contribution in [3.8, 4) is 0 Å². The molecule has 1 N–H and O–H groups in total. The van der Waals surface area contributed by atoms with Crippen LogP contribution >= 0.6 is 0 Å². The Morgan fingerprint density at radius 3 is 2.33 bits per heavy atom. The fraction of sp³-hybridized carbons (Fsp3) is 0.889. The topological polar surface area (TPSA) is 40.5 Å². The number of nitrogens with zero attached hydrogens (tertiary/aromatic N) is 1. The highest BCUT2D eigenvalue weighted by molar-refractivity contribution is 5.79. The van der Waals surface area contributed by atoms with E-state index in [-0.39, 0.29) is 5.92 Å². The molecule has 0 aromatic heterocycles. The molecular weight excluding hydrogens is 154 g/mol. The third-order valence-corrected chi connectivity index (χ3v) is 3.18. The number of aliphatic carboxylic acids is 1. The zero-order valence-electron chi connectivity index (χ0n) is 8.00. The average Bonchev–Trinajstić information content (AvgIpc) is 2.31. The highest BCUT2D eigenvalue weighted by Crippen LogP contribution is 2.39. The van der Waals surface area contributed by atoms with Gasteiger partial charge in [0, 0.05) is 0 Å². The number of likely N-dealkylation sites (N-methyl/N-ethyl adjacent to an activating group) is 1. The van der Waals surface area contributed by atoms with Gasteiger partial charge in [0.1, 0.15) is 5.54 Å². The van der Waals surface area contributed by atoms with Crippen molar-refractivity contribution in [1.82, 2.24) is 4.90 Å². The van der Waals surface area contributed by atoms with Gasteiger partial charge in [0.05, 0.1) is 0 Å². The highest BCUT2D eigenvalue weighted by atomic mass is 16.4. The van der Waals surface area contributed by atoms with Crippen molar-refractivity contribution in [2.75, 3.05) is 14.1 Å². The van der Waals surface area contributed by atoms with Gasteiger partial charge >= 0.3 is 5.97 Å². The Bertz CT molecular complexity index is 191. The molecule has 3 nitrogen and oxygen atoms in total. The van der Waals surface area contributed by atoms with Gasteiger partial charge < -0.3 is 5.11 Å². The van der Waals surface area contributed by atoms with Gasteiger partial charge in [-0.3, -0.25) is 9.69 Å². The van der Waals surface area contributed by atoms with Crippen molar-refractivity contribution in [2.24, 2.45) is 5.92 Å². The Balaban J connectivity index is 2.93. The van der Waals surface area contributed by atoms with Crippen LogP contribution in [0.1, 0.15) is 26.2 Å². The Morgan fingerprint density at radius 1 is 1.58 bits per heavy atom. The number of carboxylic acid groups (broad SMARTS) is 1. The van der Waals surface area contributed by atoms with Crippen LogP contribution in [0.4, 0.5) is 0 Å². The summed E-state index contributed by atoms with van der Waals surface area (Å²) in [6.07, 6.45) is 2.85. The molecule has 0 spiro atoms. The molecule has 1 saturated carbocycles. The predicted octanol–water partition coefficient (Wildman–Crippen LogP) is 1.19. The summed E-state index contributed by atoms with van der Waals surface area (Å²) in [5.41, 5.74) is -0.597. The number of carbonyl (C=O) groups is 1. The lowest BCUT2D eigenvalue weighted by Gasteiger charge is -2.35. The molecule has 2 atom stereocenters. The molecule has 0 saturated heterocycles. The summed E-state index contributed by atoms with van der Waals surface area (Å²) in [7, 11) is 3.71. The smallest absolute Gasteiger partial charge is 0.324 e. The molecular formula is C9H17NO2. The van der Waals surface area contributed by atoms with E-state index in [0.29, 0.717) is 0 Å². The largest absolute Gasteiger partial charge is 0.480 e. The SMILES string of the molecule is CC1CCCC1(C(=O)O)N(C)C. The molecule has 0 aromatic rings. The minimum atomic E-state index is -0.669. The van der Waals surface area contributed by atoms with Crippen LogP contribution in [0.3, 0.4) is 0 Å². The first-order valence-corrected chi connectivity index (χ1v) is 4.42. The van der Waals surface area contributed by atoms with E-state index in [1.807, 2.05) is 25.9 Å². The minimum absolute atomic E-state index is 0.269. The number of hydrogen-bond acceptors (Lipinski definition) is 2. The summed E-state index contributed by atoms with van der Waals surface area (Å²) in [6, 6.07) is 0. The third-order valence-electron chi connectivity index (χ3n) is 3.18. The maximum atomic E-state index is 11.1. The lowest BCUT2D eigenvalue weighted by atomic mass is 9.87. The maximum Gasteiger partial charge on any atom is 0.324 e. The van der Waals surface area contributed by atoms with Crippen LogP contribution in [0, 0.1) is 5.92 Å². The molecule has 0 aromatic carbocycles. The van der Waals surface area contributed by atoms with Gasteiger partial charge in [0.25, 0.3) is 0 Å². The summed E-state index contributed by atoms with van der Waals surface area (Å²) < 4.78 is 0. The molecule has 1 aliphatic rings. The van der Waals surface area contributed by atoms with Crippen LogP contribution < -0.4 is 0 Å². The Labute approximate surface area is 73.4 Å². The zero-order chi connectivity index (χ0) is 9.35. The molecule has 12 heavy (non-hydrogen) atoms. The number of hydrogen-bond donors (Lipinski definition) is 1. The van der Waals surface area contributed by atoms with E-state index in [0.717, 1.165) is 19.3 Å². The summed E-state index contributed by atoms with van der Waals surface area (Å²) in [4.78, 5) is 13.0. The van der Waals surface area contributed by atoms with Gasteiger partial charge in [-0.1, -0.05) is 13.3 Å². The second-order valence-electron chi connectivity index (χ2n) is 3.92. The summed E-state index contributed by atoms with van der Waals surface area (Å²) >= 11 is 0. The van der Waals surface area contributed by atoms with E-state index in [4.69, 9.17) is 5.11 Å². The van der Waals surface area contributed by atoms with Gasteiger partial charge in [-0.25, -0.2) is 0 Å². The molecule has 1 rings (SSSR count). The molecule has 2 unspecified atom stereocenters. The third kappa shape index (κ3) is 1.12. The molecule has 70 valence electrons. The van der Waals surface area contributed by atoms with Crippen molar-refractivity contribution in [1.29, 1.82) is 0 Å². The Morgan fingerprint density at radius 2 is 2.17 bits per heavy atom. The van der Waals surface area contributed by atoms with Gasteiger partial charge in [-0.05, 0) is 32.9 Å². The molecule has 0 amide bonds. The van der Waals surface area contributed by atoms with Crippen LogP contribution in [-0.2, 0) is 4.79 Å². The van der Waals surface area contributed by atoms with Gasteiger partial charge in [-0.2, -0.15) is 0 Å². The molecule has 3 heteroatoms. The van der Waals surface area contributed by atoms with Crippen LogP contribution in [0.25, 0.3) is 0 Å². The monoisotopic (exact) mass is 171 g/mol. The van der Waals surface area contributed by atoms with Crippen molar-refractivity contribution in [3.63, 3.8) is 0 Å². The average molecular weight is 171 g/mol. The van der Waals surface area contributed by atoms with E-state index in [2.05, 4.69) is 0 Å². The first-order valence-electron chi connectivity index (χ1n) is 4.42. The van der Waals surface area contributed by atoms with E-state index in [9.17, 15) is 4.79 Å². The van der Waals surface area contributed by atoms with Crippen LogP contribution in [0.15, 0.2) is 0 Å². The lowest BCUT2D eigenvalue weighted by molar-refractivity contribution is -0.152. The first-order chi connectivity index (χ1) is 5.51. The van der Waals surface area contributed by atoms with Crippen LogP contribution in [0.2, 0.25) is 0 Å². The molecule has 0 bridgehead atoms. The number of carboxylic acids is 1. The second kappa shape index (κ2) is 3.05. The van der Waals surface area contributed by atoms with Gasteiger partial charge in [0.15, 0.2) is 0 Å². The summed E-state index contributed by atoms with van der Waals surface area (Å²) in [5, 5.41) is 9.16. The van der Waals surface area contributed by atoms with Crippen molar-refractivity contribution in [3.05, 3.63) is 0 Å².